The predicted octanol–water partition coefficient (Wildman–Crippen LogP) is 4.14. The van der Waals surface area contributed by atoms with Gasteiger partial charge in [0.1, 0.15) is 5.76 Å². The fraction of sp³-hybridized carbons (Fsp3) is 0.292. The lowest BCUT2D eigenvalue weighted by Gasteiger charge is -2.25. The van der Waals surface area contributed by atoms with Gasteiger partial charge in [-0.05, 0) is 54.8 Å². The highest BCUT2D eigenvalue weighted by atomic mass is 35.5. The molecule has 0 bridgehead atoms. The molecule has 0 spiro atoms. The van der Waals surface area contributed by atoms with E-state index in [4.69, 9.17) is 26.2 Å². The van der Waals surface area contributed by atoms with E-state index >= 15 is 0 Å². The van der Waals surface area contributed by atoms with E-state index in [0.717, 1.165) is 0 Å². The second kappa shape index (κ2) is 9.54. The smallest absolute Gasteiger partial charge is 0.303 e. The maximum atomic E-state index is 13.0. The van der Waals surface area contributed by atoms with Gasteiger partial charge in [-0.15, -0.1) is 0 Å². The highest BCUT2D eigenvalue weighted by molar-refractivity contribution is 6.46. The van der Waals surface area contributed by atoms with Gasteiger partial charge in [-0.3, -0.25) is 14.4 Å². The summed E-state index contributed by atoms with van der Waals surface area (Å²) in [7, 11) is 0. The number of carboxylic acid groups (broad SMARTS) is 1. The number of halogens is 1. The summed E-state index contributed by atoms with van der Waals surface area (Å²) in [6.45, 7) is 0.314. The summed E-state index contributed by atoms with van der Waals surface area (Å²) in [5.41, 5.74) is 0.941. The van der Waals surface area contributed by atoms with Crippen LogP contribution in [0.2, 0.25) is 5.02 Å². The minimum absolute atomic E-state index is 0.0216. The van der Waals surface area contributed by atoms with Crippen molar-refractivity contribution in [1.82, 2.24) is 4.90 Å². The van der Waals surface area contributed by atoms with Crippen molar-refractivity contribution in [2.45, 2.75) is 31.7 Å². The summed E-state index contributed by atoms with van der Waals surface area (Å²) in [5.74, 6) is -1.62. The van der Waals surface area contributed by atoms with Gasteiger partial charge in [-0.25, -0.2) is 0 Å². The number of aliphatic hydroxyl groups excluding tert-OH is 1. The Bertz CT molecular complexity index is 1130. The molecule has 0 saturated carbocycles. The van der Waals surface area contributed by atoms with E-state index in [1.54, 1.807) is 42.5 Å². The van der Waals surface area contributed by atoms with Gasteiger partial charge in [0, 0.05) is 23.6 Å². The molecule has 2 aliphatic rings. The van der Waals surface area contributed by atoms with Crippen molar-refractivity contribution in [3.63, 3.8) is 0 Å². The summed E-state index contributed by atoms with van der Waals surface area (Å²) in [5, 5.41) is 20.3. The molecule has 0 aromatic heterocycles. The molecular weight excluding hydrogens is 450 g/mol. The van der Waals surface area contributed by atoms with Gasteiger partial charge in [0.05, 0.1) is 11.6 Å². The van der Waals surface area contributed by atoms with Crippen LogP contribution in [0.4, 0.5) is 0 Å². The van der Waals surface area contributed by atoms with E-state index in [1.807, 2.05) is 0 Å². The Morgan fingerprint density at radius 3 is 2.45 bits per heavy atom. The van der Waals surface area contributed by atoms with E-state index in [1.165, 1.54) is 4.90 Å². The quantitative estimate of drug-likeness (QED) is 0.257. The SMILES string of the molecule is O=C(O)CCCCCN1C(=O)C(=O)/C(=C(/O)c2ccc(Cl)cc2)C1c1ccc2c(c1)OCO2. The fourth-order valence-corrected chi connectivity index (χ4v) is 4.16. The summed E-state index contributed by atoms with van der Waals surface area (Å²) in [4.78, 5) is 38.1. The molecule has 2 N–H and O–H groups in total. The van der Waals surface area contributed by atoms with Crippen LogP contribution in [0.25, 0.3) is 5.76 Å². The van der Waals surface area contributed by atoms with Crippen LogP contribution in [-0.4, -0.2) is 46.1 Å². The Hall–Kier alpha value is -3.52. The summed E-state index contributed by atoms with van der Waals surface area (Å²) in [6, 6.07) is 10.6. The number of likely N-dealkylation sites (tertiary alicyclic amines) is 1. The van der Waals surface area contributed by atoms with Gasteiger partial charge in [-0.1, -0.05) is 24.1 Å². The molecule has 1 saturated heterocycles. The van der Waals surface area contributed by atoms with Crippen LogP contribution in [-0.2, 0) is 14.4 Å². The number of benzene rings is 2. The number of hydrogen-bond acceptors (Lipinski definition) is 6. The van der Waals surface area contributed by atoms with E-state index in [9.17, 15) is 19.5 Å². The number of aliphatic hydroxyl groups is 1. The zero-order valence-corrected chi connectivity index (χ0v) is 18.4. The summed E-state index contributed by atoms with van der Waals surface area (Å²) < 4.78 is 10.8. The Morgan fingerprint density at radius 2 is 1.73 bits per heavy atom. The molecule has 2 aromatic rings. The third-order valence-corrected chi connectivity index (χ3v) is 5.91. The van der Waals surface area contributed by atoms with Crippen molar-refractivity contribution in [2.75, 3.05) is 13.3 Å². The van der Waals surface area contributed by atoms with Crippen molar-refractivity contribution in [2.24, 2.45) is 0 Å². The molecule has 9 heteroatoms. The van der Waals surface area contributed by atoms with Crippen LogP contribution in [0.5, 0.6) is 11.5 Å². The first-order valence-corrected chi connectivity index (χ1v) is 10.9. The zero-order valence-electron chi connectivity index (χ0n) is 17.6. The van der Waals surface area contributed by atoms with Gasteiger partial charge < -0.3 is 24.6 Å². The number of ketones is 1. The van der Waals surface area contributed by atoms with E-state index < -0.39 is 23.7 Å². The standard InChI is InChI=1S/C24H22ClNO7/c25-16-8-5-14(6-9-16)22(29)20-21(15-7-10-17-18(12-15)33-13-32-17)26(24(31)23(20)30)11-3-1-2-4-19(27)28/h5-10,12,21,29H,1-4,11,13H2,(H,27,28)/b22-20+. The molecule has 8 nitrogen and oxygen atoms in total. The second-order valence-corrected chi connectivity index (χ2v) is 8.25. The number of aliphatic carboxylic acids is 1. The van der Waals surface area contributed by atoms with Crippen molar-refractivity contribution in [1.29, 1.82) is 0 Å². The van der Waals surface area contributed by atoms with Gasteiger partial charge in [0.15, 0.2) is 11.5 Å². The van der Waals surface area contributed by atoms with Crippen LogP contribution < -0.4 is 9.47 Å². The molecule has 1 amide bonds. The normalized spacial score (nSPS) is 18.7. The number of unbranched alkanes of at least 4 members (excludes halogenated alkanes) is 2. The van der Waals surface area contributed by atoms with Gasteiger partial charge in [0.25, 0.3) is 11.7 Å². The fourth-order valence-electron chi connectivity index (χ4n) is 4.04. The van der Waals surface area contributed by atoms with E-state index in [0.29, 0.717) is 46.9 Å². The second-order valence-electron chi connectivity index (χ2n) is 7.82. The molecule has 2 aliphatic heterocycles. The maximum Gasteiger partial charge on any atom is 0.303 e. The molecule has 2 aromatic carbocycles. The average Bonchev–Trinajstić information content (AvgIpc) is 3.36. The van der Waals surface area contributed by atoms with Crippen LogP contribution in [0, 0.1) is 0 Å². The third kappa shape index (κ3) is 4.66. The lowest BCUT2D eigenvalue weighted by atomic mass is 9.95. The number of carbonyl (C=O) groups is 3. The van der Waals surface area contributed by atoms with Crippen LogP contribution in [0.15, 0.2) is 48.0 Å². The summed E-state index contributed by atoms with van der Waals surface area (Å²) in [6.07, 6.45) is 1.61. The number of nitrogens with zero attached hydrogens (tertiary/aromatic N) is 1. The van der Waals surface area contributed by atoms with Crippen LogP contribution in [0.3, 0.4) is 0 Å². The number of carbonyl (C=O) groups excluding carboxylic acids is 2. The van der Waals surface area contributed by atoms with Crippen molar-refractivity contribution in [3.8, 4) is 11.5 Å². The molecule has 172 valence electrons. The topological polar surface area (TPSA) is 113 Å². The Labute approximate surface area is 195 Å². The zero-order chi connectivity index (χ0) is 23.5. The molecule has 4 rings (SSSR count). The first-order chi connectivity index (χ1) is 15.9. The van der Waals surface area contributed by atoms with E-state index in [-0.39, 0.29) is 31.1 Å². The highest BCUT2D eigenvalue weighted by Crippen LogP contribution is 2.43. The number of amides is 1. The number of hydrogen-bond donors (Lipinski definition) is 2. The predicted molar refractivity (Wildman–Crippen MR) is 119 cm³/mol. The number of Topliss-reactive ketones (excluding diaryl/α,β-unsaturated/α-hetero) is 1. The first-order valence-electron chi connectivity index (χ1n) is 10.5. The molecule has 1 unspecified atom stereocenters. The van der Waals surface area contributed by atoms with Gasteiger partial charge in [-0.2, -0.15) is 0 Å². The van der Waals surface area contributed by atoms with Crippen LogP contribution in [0.1, 0.15) is 42.9 Å². The number of ether oxygens (including phenoxy) is 2. The molecule has 0 radical (unpaired) electrons. The molecule has 1 fully saturated rings. The lowest BCUT2D eigenvalue weighted by molar-refractivity contribution is -0.140. The maximum absolute atomic E-state index is 13.0. The molecular formula is C24H22ClNO7. The minimum atomic E-state index is -0.876. The monoisotopic (exact) mass is 471 g/mol. The van der Waals surface area contributed by atoms with Crippen molar-refractivity contribution >= 4 is 35.0 Å². The van der Waals surface area contributed by atoms with E-state index in [2.05, 4.69) is 0 Å². The molecule has 1 atom stereocenters. The highest BCUT2D eigenvalue weighted by Gasteiger charge is 2.46. The minimum Gasteiger partial charge on any atom is -0.507 e. The lowest BCUT2D eigenvalue weighted by Crippen LogP contribution is -2.30. The number of fused-ring (bicyclic) bond motifs is 1. The number of carboxylic acids is 1. The molecule has 0 aliphatic carbocycles. The average molecular weight is 472 g/mol. The summed E-state index contributed by atoms with van der Waals surface area (Å²) >= 11 is 5.94. The molecule has 2 heterocycles. The Balaban J connectivity index is 1.70. The van der Waals surface area contributed by atoms with Gasteiger partial charge >= 0.3 is 5.97 Å². The molecule has 33 heavy (non-hydrogen) atoms. The Kier molecular flexibility index (Phi) is 6.55. The van der Waals surface area contributed by atoms with Crippen molar-refractivity contribution < 1.29 is 34.1 Å². The Morgan fingerprint density at radius 1 is 1.00 bits per heavy atom. The van der Waals surface area contributed by atoms with Gasteiger partial charge in [0.2, 0.25) is 6.79 Å². The number of rotatable bonds is 8. The van der Waals surface area contributed by atoms with Crippen molar-refractivity contribution in [3.05, 3.63) is 64.2 Å². The largest absolute Gasteiger partial charge is 0.507 e. The first kappa shape index (κ1) is 22.7. The van der Waals surface area contributed by atoms with Crippen LogP contribution >= 0.6 is 11.6 Å². The third-order valence-electron chi connectivity index (χ3n) is 5.66.